The van der Waals surface area contributed by atoms with Gasteiger partial charge in [-0.2, -0.15) is 0 Å². The number of allylic oxidation sites excluding steroid dienone is 1. The lowest BCUT2D eigenvalue weighted by Gasteiger charge is -2.42. The number of hydrogen-bond acceptors (Lipinski definition) is 2. The predicted octanol–water partition coefficient (Wildman–Crippen LogP) is 2.29. The molecule has 102 valence electrons. The van der Waals surface area contributed by atoms with Crippen molar-refractivity contribution in [3.8, 4) is 0 Å². The average Bonchev–Trinajstić information content (AvgIpc) is 2.29. The summed E-state index contributed by atoms with van der Waals surface area (Å²) in [5.41, 5.74) is 0.181. The summed E-state index contributed by atoms with van der Waals surface area (Å²) in [5.74, 6) is 0.171. The van der Waals surface area contributed by atoms with Gasteiger partial charge in [-0.05, 0) is 34.4 Å². The number of rotatable bonds is 1. The molecule has 0 aliphatic carbocycles. The quantitative estimate of drug-likeness (QED) is 0.531. The van der Waals surface area contributed by atoms with Crippen LogP contribution < -0.4 is 0 Å². The smallest absolute Gasteiger partial charge is 0.224 e. The van der Waals surface area contributed by atoms with Gasteiger partial charge in [0.2, 0.25) is 5.96 Å². The number of aliphatic imine (C=N–C) groups is 2. The standard InChI is InChI=1S/C13H23FN4/c1-11(14)10-16-12(15-5)17-6-8-18(9-7-17)13(2,3)4/h10H,5-9H2,1-4H3/b11-10+,16-12?. The highest BCUT2D eigenvalue weighted by Crippen LogP contribution is 2.16. The summed E-state index contributed by atoms with van der Waals surface area (Å²) in [6.07, 6.45) is 1.18. The fraction of sp³-hybridized carbons (Fsp3) is 0.692. The molecule has 18 heavy (non-hydrogen) atoms. The molecule has 1 rings (SSSR count). The molecule has 5 heteroatoms. The van der Waals surface area contributed by atoms with E-state index in [0.717, 1.165) is 26.2 Å². The van der Waals surface area contributed by atoms with Crippen LogP contribution in [0, 0.1) is 0 Å². The molecular weight excluding hydrogens is 231 g/mol. The fourth-order valence-electron chi connectivity index (χ4n) is 1.95. The third-order valence-corrected chi connectivity index (χ3v) is 3.01. The maximum atomic E-state index is 12.6. The van der Waals surface area contributed by atoms with Gasteiger partial charge in [0.05, 0.1) is 6.20 Å². The molecule has 0 spiro atoms. The van der Waals surface area contributed by atoms with Crippen molar-refractivity contribution in [2.24, 2.45) is 9.98 Å². The van der Waals surface area contributed by atoms with Gasteiger partial charge >= 0.3 is 0 Å². The first-order valence-corrected chi connectivity index (χ1v) is 6.21. The van der Waals surface area contributed by atoms with Crippen LogP contribution in [0.15, 0.2) is 22.0 Å². The molecular formula is C13H23FN4. The lowest BCUT2D eigenvalue weighted by atomic mass is 10.1. The van der Waals surface area contributed by atoms with Crippen LogP contribution in [0.4, 0.5) is 4.39 Å². The molecule has 0 N–H and O–H groups in total. The molecule has 0 unspecified atom stereocenters. The number of nitrogens with zero attached hydrogens (tertiary/aromatic N) is 4. The van der Waals surface area contributed by atoms with Crippen LogP contribution >= 0.6 is 0 Å². The van der Waals surface area contributed by atoms with E-state index in [1.54, 1.807) is 0 Å². The van der Waals surface area contributed by atoms with E-state index in [9.17, 15) is 4.39 Å². The molecule has 0 atom stereocenters. The SMILES string of the molecule is C=NC(=N/C=C(\C)F)N1CCN(C(C)(C)C)CC1. The Morgan fingerprint density at radius 3 is 2.17 bits per heavy atom. The van der Waals surface area contributed by atoms with Crippen molar-refractivity contribution in [1.82, 2.24) is 9.80 Å². The highest BCUT2D eigenvalue weighted by atomic mass is 19.1. The zero-order valence-electron chi connectivity index (χ0n) is 11.8. The highest BCUT2D eigenvalue weighted by Gasteiger charge is 2.26. The minimum absolute atomic E-state index is 0.181. The zero-order chi connectivity index (χ0) is 13.8. The van der Waals surface area contributed by atoms with Gasteiger partial charge < -0.3 is 4.90 Å². The first-order chi connectivity index (χ1) is 8.34. The Kier molecular flexibility index (Phi) is 5.02. The molecule has 4 nitrogen and oxygen atoms in total. The Labute approximate surface area is 109 Å². The summed E-state index contributed by atoms with van der Waals surface area (Å²) in [7, 11) is 0. The van der Waals surface area contributed by atoms with Crippen LogP contribution in [0.1, 0.15) is 27.7 Å². The van der Waals surface area contributed by atoms with Gasteiger partial charge in [0.15, 0.2) is 0 Å². The Hall–Kier alpha value is -1.23. The summed E-state index contributed by atoms with van der Waals surface area (Å²) in [6.45, 7) is 15.1. The normalized spacial score (nSPS) is 20.2. The Morgan fingerprint density at radius 2 is 1.78 bits per heavy atom. The van der Waals surface area contributed by atoms with Crippen molar-refractivity contribution >= 4 is 12.7 Å². The van der Waals surface area contributed by atoms with E-state index in [4.69, 9.17) is 0 Å². The van der Waals surface area contributed by atoms with Crippen molar-refractivity contribution in [1.29, 1.82) is 0 Å². The number of halogens is 1. The molecule has 1 fully saturated rings. The molecule has 0 aromatic carbocycles. The zero-order valence-corrected chi connectivity index (χ0v) is 11.8. The topological polar surface area (TPSA) is 31.2 Å². The van der Waals surface area contributed by atoms with Gasteiger partial charge in [0.25, 0.3) is 0 Å². The molecule has 0 bridgehead atoms. The Balaban J connectivity index is 2.64. The van der Waals surface area contributed by atoms with Crippen LogP contribution in [0.25, 0.3) is 0 Å². The monoisotopic (exact) mass is 254 g/mol. The van der Waals surface area contributed by atoms with Crippen LogP contribution in [-0.4, -0.2) is 54.2 Å². The molecule has 1 aliphatic rings. The Morgan fingerprint density at radius 1 is 1.22 bits per heavy atom. The second kappa shape index (κ2) is 6.09. The van der Waals surface area contributed by atoms with Crippen LogP contribution in [0.3, 0.4) is 0 Å². The molecule has 0 radical (unpaired) electrons. The molecule has 1 aliphatic heterocycles. The van der Waals surface area contributed by atoms with E-state index < -0.39 is 0 Å². The third kappa shape index (κ3) is 4.22. The minimum Gasteiger partial charge on any atom is -0.338 e. The second-order valence-electron chi connectivity index (χ2n) is 5.45. The first kappa shape index (κ1) is 14.8. The summed E-state index contributed by atoms with van der Waals surface area (Å²) >= 11 is 0. The lowest BCUT2D eigenvalue weighted by Crippen LogP contribution is -2.54. The number of hydrogen-bond donors (Lipinski definition) is 0. The van der Waals surface area contributed by atoms with E-state index in [1.807, 2.05) is 4.90 Å². The average molecular weight is 254 g/mol. The van der Waals surface area contributed by atoms with E-state index in [0.29, 0.717) is 5.96 Å². The number of piperazine rings is 1. The third-order valence-electron chi connectivity index (χ3n) is 3.01. The maximum absolute atomic E-state index is 12.6. The summed E-state index contributed by atoms with van der Waals surface area (Å²) in [4.78, 5) is 12.3. The fourth-order valence-corrected chi connectivity index (χ4v) is 1.95. The minimum atomic E-state index is -0.329. The van der Waals surface area contributed by atoms with Gasteiger partial charge in [0.1, 0.15) is 5.83 Å². The van der Waals surface area contributed by atoms with Crippen LogP contribution in [0.5, 0.6) is 0 Å². The van der Waals surface area contributed by atoms with Crippen molar-refractivity contribution < 1.29 is 4.39 Å². The van der Waals surface area contributed by atoms with Crippen molar-refractivity contribution in [3.63, 3.8) is 0 Å². The largest absolute Gasteiger partial charge is 0.338 e. The molecule has 1 saturated heterocycles. The van der Waals surface area contributed by atoms with E-state index in [1.165, 1.54) is 13.1 Å². The van der Waals surface area contributed by atoms with Crippen molar-refractivity contribution in [3.05, 3.63) is 12.0 Å². The van der Waals surface area contributed by atoms with Gasteiger partial charge in [-0.25, -0.2) is 14.4 Å². The Bertz CT molecular complexity index is 342. The van der Waals surface area contributed by atoms with Crippen molar-refractivity contribution in [2.45, 2.75) is 33.2 Å². The summed E-state index contributed by atoms with van der Waals surface area (Å²) in [6, 6.07) is 0. The first-order valence-electron chi connectivity index (χ1n) is 6.21. The van der Waals surface area contributed by atoms with Crippen molar-refractivity contribution in [2.75, 3.05) is 26.2 Å². The van der Waals surface area contributed by atoms with Gasteiger partial charge in [-0.1, -0.05) is 0 Å². The van der Waals surface area contributed by atoms with Gasteiger partial charge in [-0.3, -0.25) is 4.90 Å². The summed E-state index contributed by atoms with van der Waals surface area (Å²) < 4.78 is 12.6. The van der Waals surface area contributed by atoms with Crippen LogP contribution in [-0.2, 0) is 0 Å². The maximum Gasteiger partial charge on any atom is 0.224 e. The van der Waals surface area contributed by atoms with Crippen LogP contribution in [0.2, 0.25) is 0 Å². The van der Waals surface area contributed by atoms with Gasteiger partial charge in [0, 0.05) is 31.7 Å². The van der Waals surface area contributed by atoms with E-state index in [2.05, 4.69) is 42.4 Å². The molecule has 0 saturated carbocycles. The molecule has 0 aromatic rings. The van der Waals surface area contributed by atoms with E-state index >= 15 is 0 Å². The predicted molar refractivity (Wildman–Crippen MR) is 74.7 cm³/mol. The van der Waals surface area contributed by atoms with E-state index in [-0.39, 0.29) is 11.4 Å². The highest BCUT2D eigenvalue weighted by molar-refractivity contribution is 5.84. The summed E-state index contributed by atoms with van der Waals surface area (Å²) in [5, 5.41) is 0. The molecule has 1 heterocycles. The molecule has 0 amide bonds. The second-order valence-corrected chi connectivity index (χ2v) is 5.45. The molecule has 0 aromatic heterocycles. The lowest BCUT2D eigenvalue weighted by molar-refractivity contribution is 0.0880. The van der Waals surface area contributed by atoms with Gasteiger partial charge in [-0.15, -0.1) is 0 Å². The number of guanidine groups is 1.